The monoisotopic (exact) mass is 281 g/mol. The van der Waals surface area contributed by atoms with Crippen molar-refractivity contribution in [3.8, 4) is 0 Å². The summed E-state index contributed by atoms with van der Waals surface area (Å²) < 4.78 is 1.74. The average Bonchev–Trinajstić information content (AvgIpc) is 2.83. The Labute approximate surface area is 118 Å². The minimum absolute atomic E-state index is 0.0595. The zero-order chi connectivity index (χ0) is 14.7. The van der Waals surface area contributed by atoms with Gasteiger partial charge in [-0.1, -0.05) is 12.8 Å². The van der Waals surface area contributed by atoms with E-state index in [0.29, 0.717) is 18.3 Å². The molecule has 0 spiro atoms. The van der Waals surface area contributed by atoms with E-state index in [1.165, 1.54) is 12.7 Å². The Morgan fingerprint density at radius 1 is 1.55 bits per heavy atom. The van der Waals surface area contributed by atoms with Crippen LogP contribution in [0.15, 0.2) is 6.33 Å². The third-order valence-electron chi connectivity index (χ3n) is 4.25. The number of aromatic nitrogens is 2. The molecule has 0 aliphatic heterocycles. The van der Waals surface area contributed by atoms with Gasteiger partial charge < -0.3 is 20.7 Å². The lowest BCUT2D eigenvalue weighted by Crippen LogP contribution is -2.46. The molecule has 0 saturated heterocycles. The number of imidazole rings is 1. The molecule has 1 heterocycles. The van der Waals surface area contributed by atoms with E-state index in [0.717, 1.165) is 25.8 Å². The van der Waals surface area contributed by atoms with Gasteiger partial charge in [-0.3, -0.25) is 4.57 Å². The van der Waals surface area contributed by atoms with Crippen molar-refractivity contribution in [3.63, 3.8) is 0 Å². The Bertz CT molecular complexity index is 473. The van der Waals surface area contributed by atoms with Crippen LogP contribution in [0.5, 0.6) is 0 Å². The minimum atomic E-state index is -0.404. The summed E-state index contributed by atoms with van der Waals surface area (Å²) in [4.78, 5) is 16.8. The van der Waals surface area contributed by atoms with Gasteiger partial charge >= 0.3 is 5.82 Å². The summed E-state index contributed by atoms with van der Waals surface area (Å²) in [5.41, 5.74) is 5.89. The molecule has 2 N–H and O–H groups in total. The summed E-state index contributed by atoms with van der Waals surface area (Å²) in [6.07, 6.45) is 6.00. The second-order valence-electron chi connectivity index (χ2n) is 5.39. The summed E-state index contributed by atoms with van der Waals surface area (Å²) in [5.74, 6) is 0.941. The van der Waals surface area contributed by atoms with Crippen molar-refractivity contribution in [2.45, 2.75) is 38.6 Å². The zero-order valence-corrected chi connectivity index (χ0v) is 12.2. The third-order valence-corrected chi connectivity index (χ3v) is 4.25. The van der Waals surface area contributed by atoms with E-state index >= 15 is 0 Å². The molecule has 1 saturated carbocycles. The number of aryl methyl sites for hydroxylation is 1. The fourth-order valence-electron chi connectivity index (χ4n) is 3.29. The molecule has 0 bridgehead atoms. The minimum Gasteiger partial charge on any atom is -0.358 e. The van der Waals surface area contributed by atoms with Crippen LogP contribution in [0.25, 0.3) is 0 Å². The number of anilines is 1. The normalized spacial score (nSPS) is 22.8. The molecule has 1 fully saturated rings. The first-order chi connectivity index (χ1) is 9.60. The second-order valence-corrected chi connectivity index (χ2v) is 5.39. The van der Waals surface area contributed by atoms with E-state index in [1.807, 2.05) is 6.92 Å². The largest absolute Gasteiger partial charge is 0.406 e. The Morgan fingerprint density at radius 3 is 2.85 bits per heavy atom. The van der Waals surface area contributed by atoms with Crippen LogP contribution in [0.4, 0.5) is 11.6 Å². The number of hydrogen-bond acceptors (Lipinski definition) is 5. The van der Waals surface area contributed by atoms with Crippen molar-refractivity contribution in [2.24, 2.45) is 18.7 Å². The maximum Gasteiger partial charge on any atom is 0.406 e. The van der Waals surface area contributed by atoms with Crippen LogP contribution >= 0.6 is 0 Å². The van der Waals surface area contributed by atoms with Gasteiger partial charge in [0.2, 0.25) is 12.1 Å². The quantitative estimate of drug-likeness (QED) is 0.655. The zero-order valence-electron chi connectivity index (χ0n) is 12.2. The Morgan fingerprint density at radius 2 is 2.25 bits per heavy atom. The van der Waals surface area contributed by atoms with Gasteiger partial charge in [-0.15, -0.1) is 0 Å². The van der Waals surface area contributed by atoms with Gasteiger partial charge in [0.15, 0.2) is 0 Å². The summed E-state index contributed by atoms with van der Waals surface area (Å²) in [5, 5.41) is 11.2. The van der Waals surface area contributed by atoms with Crippen LogP contribution in [0, 0.1) is 16.0 Å². The molecule has 0 radical (unpaired) electrons. The SMILES string of the molecule is CCN(c1c([N+](=O)[O-])ncn1C)C1CCCCC1CN. The van der Waals surface area contributed by atoms with Crippen LogP contribution in [0.2, 0.25) is 0 Å². The van der Waals surface area contributed by atoms with Crippen LogP contribution in [-0.4, -0.2) is 33.6 Å². The maximum atomic E-state index is 11.2. The molecular formula is C13H23N5O2. The predicted molar refractivity (Wildman–Crippen MR) is 77.7 cm³/mol. The molecule has 0 aromatic carbocycles. The second kappa shape index (κ2) is 6.21. The smallest absolute Gasteiger partial charge is 0.358 e. The van der Waals surface area contributed by atoms with Crippen molar-refractivity contribution in [1.29, 1.82) is 0 Å². The molecule has 20 heavy (non-hydrogen) atoms. The van der Waals surface area contributed by atoms with E-state index in [1.54, 1.807) is 11.6 Å². The standard InChI is InChI=1S/C13H23N5O2/c1-3-17(11-7-5-4-6-10(11)8-14)13-12(18(19)20)15-9-16(13)2/h9-11H,3-8,14H2,1-2H3. The van der Waals surface area contributed by atoms with Crippen molar-refractivity contribution >= 4 is 11.6 Å². The number of nitro groups is 1. The van der Waals surface area contributed by atoms with Gasteiger partial charge in [0, 0.05) is 19.6 Å². The Balaban J connectivity index is 2.36. The summed E-state index contributed by atoms with van der Waals surface area (Å²) in [6, 6.07) is 0.271. The van der Waals surface area contributed by atoms with Crippen molar-refractivity contribution in [2.75, 3.05) is 18.0 Å². The van der Waals surface area contributed by atoms with Gasteiger partial charge in [-0.25, -0.2) is 0 Å². The molecule has 1 aliphatic rings. The van der Waals surface area contributed by atoms with E-state index in [9.17, 15) is 10.1 Å². The highest BCUT2D eigenvalue weighted by molar-refractivity contribution is 5.55. The van der Waals surface area contributed by atoms with Gasteiger partial charge in [0.05, 0.1) is 0 Å². The molecule has 7 heteroatoms. The fourth-order valence-corrected chi connectivity index (χ4v) is 3.29. The number of hydrogen-bond donors (Lipinski definition) is 1. The van der Waals surface area contributed by atoms with Crippen molar-refractivity contribution in [3.05, 3.63) is 16.4 Å². The van der Waals surface area contributed by atoms with E-state index in [2.05, 4.69) is 9.88 Å². The highest BCUT2D eigenvalue weighted by atomic mass is 16.6. The van der Waals surface area contributed by atoms with Gasteiger partial charge in [0.25, 0.3) is 0 Å². The van der Waals surface area contributed by atoms with Crippen LogP contribution in [0.3, 0.4) is 0 Å². The Hall–Kier alpha value is -1.63. The molecular weight excluding hydrogens is 258 g/mol. The topological polar surface area (TPSA) is 90.2 Å². The number of nitrogens with two attached hydrogens (primary N) is 1. The van der Waals surface area contributed by atoms with Crippen LogP contribution in [-0.2, 0) is 7.05 Å². The highest BCUT2D eigenvalue weighted by Gasteiger charge is 2.34. The summed E-state index contributed by atoms with van der Waals surface area (Å²) in [6.45, 7) is 3.38. The first-order valence-electron chi connectivity index (χ1n) is 7.22. The molecule has 0 amide bonds. The first kappa shape index (κ1) is 14.8. The average molecular weight is 281 g/mol. The van der Waals surface area contributed by atoms with Gasteiger partial charge in [-0.2, -0.15) is 0 Å². The molecule has 1 aliphatic carbocycles. The lowest BCUT2D eigenvalue weighted by Gasteiger charge is -2.39. The number of rotatable bonds is 5. The maximum absolute atomic E-state index is 11.2. The molecule has 2 atom stereocenters. The van der Waals surface area contributed by atoms with E-state index < -0.39 is 4.92 Å². The summed E-state index contributed by atoms with van der Waals surface area (Å²) >= 11 is 0. The van der Waals surface area contributed by atoms with Crippen LogP contribution in [0.1, 0.15) is 32.6 Å². The molecule has 2 unspecified atom stereocenters. The molecule has 7 nitrogen and oxygen atoms in total. The third kappa shape index (κ3) is 2.63. The lowest BCUT2D eigenvalue weighted by atomic mass is 9.83. The molecule has 2 rings (SSSR count). The predicted octanol–water partition coefficient (Wildman–Crippen LogP) is 1.67. The van der Waals surface area contributed by atoms with E-state index in [-0.39, 0.29) is 11.9 Å². The summed E-state index contributed by atoms with van der Waals surface area (Å²) in [7, 11) is 1.80. The fraction of sp³-hybridized carbons (Fsp3) is 0.769. The van der Waals surface area contributed by atoms with Crippen molar-refractivity contribution < 1.29 is 4.92 Å². The molecule has 1 aromatic rings. The van der Waals surface area contributed by atoms with Crippen LogP contribution < -0.4 is 10.6 Å². The van der Waals surface area contributed by atoms with Gasteiger partial charge in [-0.05, 0) is 42.1 Å². The van der Waals surface area contributed by atoms with Gasteiger partial charge in [0.1, 0.15) is 0 Å². The molecule has 1 aromatic heterocycles. The lowest BCUT2D eigenvalue weighted by molar-refractivity contribution is -0.388. The number of nitrogens with zero attached hydrogens (tertiary/aromatic N) is 4. The Kier molecular flexibility index (Phi) is 4.59. The molecule has 112 valence electrons. The highest BCUT2D eigenvalue weighted by Crippen LogP contribution is 2.34. The van der Waals surface area contributed by atoms with Crippen molar-refractivity contribution in [1.82, 2.24) is 9.55 Å². The first-order valence-corrected chi connectivity index (χ1v) is 7.22. The van der Waals surface area contributed by atoms with E-state index in [4.69, 9.17) is 5.73 Å².